The molecule has 0 radical (unpaired) electrons. The Morgan fingerprint density at radius 2 is 1.96 bits per heavy atom. The number of primary amides is 1. The molecule has 2 rings (SSSR count). The first-order valence-corrected chi connectivity index (χ1v) is 8.33. The van der Waals surface area contributed by atoms with Gasteiger partial charge in [0.15, 0.2) is 18.1 Å². The molecule has 2 aromatic carbocycles. The highest BCUT2D eigenvalue weighted by Crippen LogP contribution is 2.36. The van der Waals surface area contributed by atoms with E-state index in [-0.39, 0.29) is 6.61 Å². The Morgan fingerprint density at radius 1 is 1.20 bits per heavy atom. The first kappa shape index (κ1) is 19.1. The van der Waals surface area contributed by atoms with Crippen molar-refractivity contribution < 1.29 is 14.3 Å². The molecule has 3 N–H and O–H groups in total. The molecule has 0 saturated heterocycles. The van der Waals surface area contributed by atoms with Gasteiger partial charge in [-0.05, 0) is 42.7 Å². The van der Waals surface area contributed by atoms with Gasteiger partial charge in [0.2, 0.25) is 0 Å². The fourth-order valence-corrected chi connectivity index (χ4v) is 2.83. The Hall–Kier alpha value is -2.24. The van der Waals surface area contributed by atoms with Crippen LogP contribution in [0.25, 0.3) is 0 Å². The second-order valence-electron chi connectivity index (χ2n) is 5.90. The molecule has 1 amide bonds. The SMILES string of the molecule is COc1cc(CNCc2ccc(C)cc2C)cc(Cl)c1OCC(N)=O. The van der Waals surface area contributed by atoms with Crippen molar-refractivity contribution in [2.24, 2.45) is 5.73 Å². The number of halogens is 1. The van der Waals surface area contributed by atoms with Crippen LogP contribution >= 0.6 is 11.6 Å². The molecule has 0 bridgehead atoms. The Balaban J connectivity index is 2.04. The lowest BCUT2D eigenvalue weighted by Gasteiger charge is -2.14. The number of nitrogens with one attached hydrogen (secondary N) is 1. The van der Waals surface area contributed by atoms with Gasteiger partial charge in [0.1, 0.15) is 0 Å². The highest BCUT2D eigenvalue weighted by atomic mass is 35.5. The third kappa shape index (κ3) is 5.37. The van der Waals surface area contributed by atoms with Crippen LogP contribution in [0, 0.1) is 13.8 Å². The smallest absolute Gasteiger partial charge is 0.255 e. The van der Waals surface area contributed by atoms with Crippen LogP contribution in [0.1, 0.15) is 22.3 Å². The Labute approximate surface area is 153 Å². The minimum Gasteiger partial charge on any atom is -0.493 e. The largest absolute Gasteiger partial charge is 0.493 e. The van der Waals surface area contributed by atoms with Crippen LogP contribution < -0.4 is 20.5 Å². The zero-order valence-electron chi connectivity index (χ0n) is 14.7. The van der Waals surface area contributed by atoms with Crippen molar-refractivity contribution in [2.75, 3.05) is 13.7 Å². The number of methoxy groups -OCH3 is 1. The van der Waals surface area contributed by atoms with Crippen LogP contribution in [0.3, 0.4) is 0 Å². The summed E-state index contributed by atoms with van der Waals surface area (Å²) in [7, 11) is 1.52. The van der Waals surface area contributed by atoms with Gasteiger partial charge in [0, 0.05) is 13.1 Å². The van der Waals surface area contributed by atoms with Crippen molar-refractivity contribution in [1.82, 2.24) is 5.32 Å². The molecular weight excluding hydrogens is 340 g/mol. The zero-order chi connectivity index (χ0) is 18.4. The van der Waals surface area contributed by atoms with E-state index in [1.165, 1.54) is 23.8 Å². The van der Waals surface area contributed by atoms with Gasteiger partial charge in [-0.1, -0.05) is 35.4 Å². The van der Waals surface area contributed by atoms with E-state index in [1.807, 2.05) is 6.07 Å². The molecule has 0 unspecified atom stereocenters. The number of hydrogen-bond acceptors (Lipinski definition) is 4. The molecule has 0 fully saturated rings. The van der Waals surface area contributed by atoms with Crippen molar-refractivity contribution in [3.05, 3.63) is 57.6 Å². The second kappa shape index (κ2) is 8.74. The molecule has 0 atom stereocenters. The van der Waals surface area contributed by atoms with Crippen LogP contribution in [0.4, 0.5) is 0 Å². The number of carbonyl (C=O) groups is 1. The van der Waals surface area contributed by atoms with Gasteiger partial charge in [0.25, 0.3) is 5.91 Å². The number of carbonyl (C=O) groups excluding carboxylic acids is 1. The van der Waals surface area contributed by atoms with Crippen molar-refractivity contribution in [2.45, 2.75) is 26.9 Å². The highest BCUT2D eigenvalue weighted by molar-refractivity contribution is 6.32. The predicted octanol–water partition coefficient (Wildman–Crippen LogP) is 3.12. The fraction of sp³-hybridized carbons (Fsp3) is 0.316. The Morgan fingerprint density at radius 3 is 2.60 bits per heavy atom. The number of ether oxygens (including phenoxy) is 2. The summed E-state index contributed by atoms with van der Waals surface area (Å²) in [5.74, 6) is 0.218. The van der Waals surface area contributed by atoms with E-state index < -0.39 is 5.91 Å². The van der Waals surface area contributed by atoms with Crippen molar-refractivity contribution in [3.63, 3.8) is 0 Å². The minimum atomic E-state index is -0.572. The predicted molar refractivity (Wildman–Crippen MR) is 99.2 cm³/mol. The van der Waals surface area contributed by atoms with Crippen LogP contribution in [0.2, 0.25) is 5.02 Å². The molecule has 0 aliphatic rings. The number of benzene rings is 2. The Kier molecular flexibility index (Phi) is 6.67. The molecule has 25 heavy (non-hydrogen) atoms. The molecule has 0 saturated carbocycles. The van der Waals surface area contributed by atoms with E-state index in [2.05, 4.69) is 37.4 Å². The average molecular weight is 363 g/mol. The van der Waals surface area contributed by atoms with E-state index in [9.17, 15) is 4.79 Å². The second-order valence-corrected chi connectivity index (χ2v) is 6.30. The first-order chi connectivity index (χ1) is 11.9. The lowest BCUT2D eigenvalue weighted by molar-refractivity contribution is -0.119. The van der Waals surface area contributed by atoms with Crippen LogP contribution in [-0.2, 0) is 17.9 Å². The summed E-state index contributed by atoms with van der Waals surface area (Å²) in [5, 5.41) is 3.78. The monoisotopic (exact) mass is 362 g/mol. The van der Waals surface area contributed by atoms with Crippen molar-refractivity contribution in [1.29, 1.82) is 0 Å². The van der Waals surface area contributed by atoms with E-state index >= 15 is 0 Å². The molecule has 2 aromatic rings. The fourth-order valence-electron chi connectivity index (χ4n) is 2.54. The van der Waals surface area contributed by atoms with E-state index in [1.54, 1.807) is 6.07 Å². The lowest BCUT2D eigenvalue weighted by atomic mass is 10.1. The summed E-state index contributed by atoms with van der Waals surface area (Å²) in [4.78, 5) is 10.9. The van der Waals surface area contributed by atoms with Gasteiger partial charge in [-0.15, -0.1) is 0 Å². The van der Waals surface area contributed by atoms with E-state index in [0.29, 0.717) is 23.1 Å². The van der Waals surface area contributed by atoms with Crippen LogP contribution in [-0.4, -0.2) is 19.6 Å². The molecule has 0 aliphatic heterocycles. The van der Waals surface area contributed by atoms with Crippen molar-refractivity contribution in [3.8, 4) is 11.5 Å². The third-order valence-corrected chi connectivity index (χ3v) is 4.07. The molecule has 0 aromatic heterocycles. The standard InChI is InChI=1S/C19H23ClN2O3/c1-12-4-5-15(13(2)6-12)10-22-9-14-7-16(20)19(17(8-14)24-3)25-11-18(21)23/h4-8,22H,9-11H2,1-3H3,(H2,21,23). The molecule has 134 valence electrons. The molecular formula is C19H23ClN2O3. The lowest BCUT2D eigenvalue weighted by Crippen LogP contribution is -2.20. The summed E-state index contributed by atoms with van der Waals surface area (Å²) in [6, 6.07) is 10.0. The summed E-state index contributed by atoms with van der Waals surface area (Å²) >= 11 is 6.25. The van der Waals surface area contributed by atoms with Gasteiger partial charge >= 0.3 is 0 Å². The third-order valence-electron chi connectivity index (χ3n) is 3.79. The molecule has 6 heteroatoms. The maximum absolute atomic E-state index is 10.9. The molecule has 0 aliphatic carbocycles. The zero-order valence-corrected chi connectivity index (χ0v) is 15.4. The van der Waals surface area contributed by atoms with Gasteiger partial charge in [-0.3, -0.25) is 4.79 Å². The maximum Gasteiger partial charge on any atom is 0.255 e. The molecule has 0 spiro atoms. The van der Waals surface area contributed by atoms with Gasteiger partial charge in [-0.25, -0.2) is 0 Å². The quantitative estimate of drug-likeness (QED) is 0.756. The van der Waals surface area contributed by atoms with Crippen molar-refractivity contribution >= 4 is 17.5 Å². The number of nitrogens with two attached hydrogens (primary N) is 1. The van der Waals surface area contributed by atoms with Crippen LogP contribution in [0.15, 0.2) is 30.3 Å². The number of rotatable bonds is 8. The number of amides is 1. The topological polar surface area (TPSA) is 73.6 Å². The summed E-state index contributed by atoms with van der Waals surface area (Å²) in [6.07, 6.45) is 0. The first-order valence-electron chi connectivity index (χ1n) is 7.95. The normalized spacial score (nSPS) is 10.6. The minimum absolute atomic E-state index is 0.250. The van der Waals surface area contributed by atoms with Gasteiger partial charge in [-0.2, -0.15) is 0 Å². The van der Waals surface area contributed by atoms with Gasteiger partial charge in [0.05, 0.1) is 12.1 Å². The summed E-state index contributed by atoms with van der Waals surface area (Å²) in [5.41, 5.74) is 9.82. The van der Waals surface area contributed by atoms with Gasteiger partial charge < -0.3 is 20.5 Å². The number of hydrogen-bond donors (Lipinski definition) is 2. The van der Waals surface area contributed by atoms with E-state index in [4.69, 9.17) is 26.8 Å². The molecule has 5 nitrogen and oxygen atoms in total. The summed E-state index contributed by atoms with van der Waals surface area (Å²) < 4.78 is 10.6. The number of aryl methyl sites for hydroxylation is 2. The Bertz CT molecular complexity index is 763. The van der Waals surface area contributed by atoms with E-state index in [0.717, 1.165) is 12.1 Å². The maximum atomic E-state index is 10.9. The van der Waals surface area contributed by atoms with Crippen LogP contribution in [0.5, 0.6) is 11.5 Å². The molecule has 0 heterocycles. The average Bonchev–Trinajstić information content (AvgIpc) is 2.55. The summed E-state index contributed by atoms with van der Waals surface area (Å²) in [6.45, 7) is 5.32. The highest BCUT2D eigenvalue weighted by Gasteiger charge is 2.13.